The highest BCUT2D eigenvalue weighted by Gasteiger charge is 2.07. The fourth-order valence-corrected chi connectivity index (χ4v) is 1.57. The average molecular weight is 256 g/mol. The molecule has 0 aliphatic carbocycles. The lowest BCUT2D eigenvalue weighted by Crippen LogP contribution is -2.07. The van der Waals surface area contributed by atoms with E-state index in [-0.39, 0.29) is 12.4 Å². The van der Waals surface area contributed by atoms with E-state index in [0.29, 0.717) is 23.1 Å². The van der Waals surface area contributed by atoms with Gasteiger partial charge in [0.25, 0.3) is 0 Å². The molecule has 0 N–H and O–H groups in total. The van der Waals surface area contributed by atoms with Crippen molar-refractivity contribution in [3.8, 4) is 5.75 Å². The largest absolute Gasteiger partial charge is 0.484 e. The van der Waals surface area contributed by atoms with E-state index in [1.807, 2.05) is 6.92 Å². The molecular formula is C11H11ClFN3O. The number of hydrogen-bond donors (Lipinski definition) is 0. The summed E-state index contributed by atoms with van der Waals surface area (Å²) in [6.45, 7) is 2.86. The van der Waals surface area contributed by atoms with E-state index in [1.54, 1.807) is 4.68 Å². The van der Waals surface area contributed by atoms with Crippen LogP contribution in [-0.4, -0.2) is 14.8 Å². The Hall–Kier alpha value is -1.62. The van der Waals surface area contributed by atoms with Crippen LogP contribution in [0.1, 0.15) is 12.7 Å². The van der Waals surface area contributed by atoms with Gasteiger partial charge in [-0.25, -0.2) is 14.1 Å². The predicted molar refractivity (Wildman–Crippen MR) is 61.4 cm³/mol. The summed E-state index contributed by atoms with van der Waals surface area (Å²) >= 11 is 5.88. The van der Waals surface area contributed by atoms with Crippen molar-refractivity contribution in [1.29, 1.82) is 0 Å². The van der Waals surface area contributed by atoms with Crippen molar-refractivity contribution in [2.75, 3.05) is 0 Å². The molecule has 0 aliphatic heterocycles. The predicted octanol–water partition coefficient (Wildman–Crippen LogP) is 2.67. The van der Waals surface area contributed by atoms with Crippen LogP contribution in [0.25, 0.3) is 0 Å². The van der Waals surface area contributed by atoms with Gasteiger partial charge in [0.05, 0.1) is 5.02 Å². The first-order valence-corrected chi connectivity index (χ1v) is 5.53. The number of hydrogen-bond acceptors (Lipinski definition) is 3. The Morgan fingerprint density at radius 2 is 2.29 bits per heavy atom. The quantitative estimate of drug-likeness (QED) is 0.843. The highest BCUT2D eigenvalue weighted by Crippen LogP contribution is 2.25. The molecule has 0 unspecified atom stereocenters. The van der Waals surface area contributed by atoms with Gasteiger partial charge in [0.2, 0.25) is 0 Å². The topological polar surface area (TPSA) is 39.9 Å². The summed E-state index contributed by atoms with van der Waals surface area (Å²) in [5.41, 5.74) is 0. The lowest BCUT2D eigenvalue weighted by molar-refractivity contribution is 0.286. The second kappa shape index (κ2) is 5.14. The maximum Gasteiger partial charge on any atom is 0.164 e. The SMILES string of the molecule is CCn1ncnc1COc1cc(F)ccc1Cl. The van der Waals surface area contributed by atoms with Crippen molar-refractivity contribution < 1.29 is 9.13 Å². The molecule has 90 valence electrons. The molecule has 0 bridgehead atoms. The van der Waals surface area contributed by atoms with E-state index in [9.17, 15) is 4.39 Å². The van der Waals surface area contributed by atoms with Crippen LogP contribution in [0.4, 0.5) is 4.39 Å². The summed E-state index contributed by atoms with van der Waals surface area (Å²) in [5.74, 6) is 0.589. The molecule has 0 saturated heterocycles. The van der Waals surface area contributed by atoms with Gasteiger partial charge in [-0.3, -0.25) is 0 Å². The smallest absolute Gasteiger partial charge is 0.164 e. The van der Waals surface area contributed by atoms with Gasteiger partial charge in [-0.1, -0.05) is 11.6 Å². The second-order valence-corrected chi connectivity index (χ2v) is 3.76. The summed E-state index contributed by atoms with van der Waals surface area (Å²) < 4.78 is 20.1. The summed E-state index contributed by atoms with van der Waals surface area (Å²) in [6, 6.07) is 3.98. The Kier molecular flexibility index (Phi) is 3.58. The Labute approximate surface area is 103 Å². The van der Waals surface area contributed by atoms with Crippen molar-refractivity contribution in [3.05, 3.63) is 41.2 Å². The molecular weight excluding hydrogens is 245 g/mol. The van der Waals surface area contributed by atoms with Crippen LogP contribution < -0.4 is 4.74 Å². The molecule has 0 amide bonds. The van der Waals surface area contributed by atoms with E-state index in [2.05, 4.69) is 10.1 Å². The first-order valence-electron chi connectivity index (χ1n) is 5.15. The molecule has 17 heavy (non-hydrogen) atoms. The fourth-order valence-electron chi connectivity index (χ4n) is 1.39. The van der Waals surface area contributed by atoms with Crippen LogP contribution in [0.2, 0.25) is 5.02 Å². The molecule has 0 aliphatic rings. The van der Waals surface area contributed by atoms with Crippen LogP contribution in [0.15, 0.2) is 24.5 Å². The van der Waals surface area contributed by atoms with Gasteiger partial charge in [0.15, 0.2) is 5.82 Å². The van der Waals surface area contributed by atoms with E-state index in [0.717, 1.165) is 0 Å². The molecule has 6 heteroatoms. The van der Waals surface area contributed by atoms with Gasteiger partial charge in [0.1, 0.15) is 24.5 Å². The monoisotopic (exact) mass is 255 g/mol. The first-order chi connectivity index (χ1) is 8.20. The van der Waals surface area contributed by atoms with Crippen molar-refractivity contribution >= 4 is 11.6 Å². The zero-order valence-corrected chi connectivity index (χ0v) is 9.99. The van der Waals surface area contributed by atoms with Gasteiger partial charge in [-0.2, -0.15) is 5.10 Å². The molecule has 1 heterocycles. The minimum Gasteiger partial charge on any atom is -0.484 e. The number of ether oxygens (including phenoxy) is 1. The summed E-state index contributed by atoms with van der Waals surface area (Å²) in [5, 5.41) is 4.37. The first kappa shape index (κ1) is 11.9. The Bertz CT molecular complexity index is 515. The van der Waals surface area contributed by atoms with Crippen molar-refractivity contribution in [2.24, 2.45) is 0 Å². The van der Waals surface area contributed by atoms with Gasteiger partial charge >= 0.3 is 0 Å². The van der Waals surface area contributed by atoms with E-state index in [1.165, 1.54) is 24.5 Å². The summed E-state index contributed by atoms with van der Waals surface area (Å²) in [6.07, 6.45) is 1.45. The van der Waals surface area contributed by atoms with Crippen LogP contribution in [-0.2, 0) is 13.2 Å². The number of halogens is 2. The number of rotatable bonds is 4. The second-order valence-electron chi connectivity index (χ2n) is 3.36. The molecule has 4 nitrogen and oxygen atoms in total. The Morgan fingerprint density at radius 3 is 3.06 bits per heavy atom. The number of benzene rings is 1. The van der Waals surface area contributed by atoms with Gasteiger partial charge in [-0.05, 0) is 19.1 Å². The normalized spacial score (nSPS) is 10.5. The standard InChI is InChI=1S/C11H11ClFN3O/c1-2-16-11(14-7-15-16)6-17-10-5-8(13)3-4-9(10)12/h3-5,7H,2,6H2,1H3. The molecule has 2 rings (SSSR count). The lowest BCUT2D eigenvalue weighted by atomic mass is 10.3. The Balaban J connectivity index is 2.09. The van der Waals surface area contributed by atoms with E-state index < -0.39 is 0 Å². The fraction of sp³-hybridized carbons (Fsp3) is 0.273. The lowest BCUT2D eigenvalue weighted by Gasteiger charge is -2.08. The van der Waals surface area contributed by atoms with Gasteiger partial charge in [-0.15, -0.1) is 0 Å². The molecule has 2 aromatic rings. The summed E-state index contributed by atoms with van der Waals surface area (Å²) in [7, 11) is 0. The van der Waals surface area contributed by atoms with Crippen LogP contribution >= 0.6 is 11.6 Å². The molecule has 1 aromatic heterocycles. The molecule has 0 fully saturated rings. The highest BCUT2D eigenvalue weighted by atomic mass is 35.5. The third-order valence-electron chi connectivity index (χ3n) is 2.25. The molecule has 0 atom stereocenters. The van der Waals surface area contributed by atoms with E-state index >= 15 is 0 Å². The number of aromatic nitrogens is 3. The maximum absolute atomic E-state index is 13.0. The van der Waals surface area contributed by atoms with Gasteiger partial charge < -0.3 is 4.74 Å². The van der Waals surface area contributed by atoms with Crippen LogP contribution in [0, 0.1) is 5.82 Å². The minimum absolute atomic E-state index is 0.205. The van der Waals surface area contributed by atoms with Crippen molar-refractivity contribution in [1.82, 2.24) is 14.8 Å². The minimum atomic E-state index is -0.388. The maximum atomic E-state index is 13.0. The number of aryl methyl sites for hydroxylation is 1. The third-order valence-corrected chi connectivity index (χ3v) is 2.56. The van der Waals surface area contributed by atoms with Crippen molar-refractivity contribution in [2.45, 2.75) is 20.1 Å². The molecule has 0 radical (unpaired) electrons. The summed E-state index contributed by atoms with van der Waals surface area (Å²) in [4.78, 5) is 4.04. The van der Waals surface area contributed by atoms with Crippen LogP contribution in [0.3, 0.4) is 0 Å². The van der Waals surface area contributed by atoms with E-state index in [4.69, 9.17) is 16.3 Å². The van der Waals surface area contributed by atoms with Gasteiger partial charge in [0, 0.05) is 12.6 Å². The number of nitrogens with zero attached hydrogens (tertiary/aromatic N) is 3. The molecule has 0 spiro atoms. The average Bonchev–Trinajstić information content (AvgIpc) is 2.77. The molecule has 0 saturated carbocycles. The van der Waals surface area contributed by atoms with Crippen LogP contribution in [0.5, 0.6) is 5.75 Å². The third kappa shape index (κ3) is 2.74. The zero-order chi connectivity index (χ0) is 12.3. The zero-order valence-electron chi connectivity index (χ0n) is 9.23. The Morgan fingerprint density at radius 1 is 1.47 bits per heavy atom. The highest BCUT2D eigenvalue weighted by molar-refractivity contribution is 6.32. The molecule has 1 aromatic carbocycles. The van der Waals surface area contributed by atoms with Crippen molar-refractivity contribution in [3.63, 3.8) is 0 Å².